The van der Waals surface area contributed by atoms with E-state index in [4.69, 9.17) is 0 Å². The van der Waals surface area contributed by atoms with Crippen LogP contribution in [0.4, 0.5) is 0 Å². The molecule has 1 fully saturated rings. The average Bonchev–Trinajstić information content (AvgIpc) is 2.92. The summed E-state index contributed by atoms with van der Waals surface area (Å²) in [5.41, 5.74) is 6.76. The third kappa shape index (κ3) is 0.844. The first-order chi connectivity index (χ1) is 7.36. The maximum absolute atomic E-state index is 2.40. The Morgan fingerprint density at radius 1 is 1.07 bits per heavy atom. The molecule has 0 unspecified atom stereocenters. The van der Waals surface area contributed by atoms with Crippen LogP contribution in [0.15, 0.2) is 29.8 Å². The summed E-state index contributed by atoms with van der Waals surface area (Å²) in [6.07, 6.45) is 4.37. The minimum atomic E-state index is 0.714. The van der Waals surface area contributed by atoms with E-state index < -0.39 is 0 Å². The largest absolute Gasteiger partial charge is 0.0619 e. The highest BCUT2D eigenvalue weighted by Gasteiger charge is 2.45. The predicted octanol–water partition coefficient (Wildman–Crippen LogP) is 3.99. The number of fused-ring (bicyclic) bond motifs is 6. The molecule has 0 N–H and O–H groups in total. The molecule has 15 heavy (non-hydrogen) atoms. The Kier molecular flexibility index (Phi) is 1.39. The number of hydrogen-bond donors (Lipinski definition) is 0. The summed E-state index contributed by atoms with van der Waals surface area (Å²) in [5.74, 6) is 2.56. The molecular weight excluding hydrogens is 180 g/mol. The maximum atomic E-state index is 2.40. The van der Waals surface area contributed by atoms with E-state index >= 15 is 0 Å². The van der Waals surface area contributed by atoms with Crippen molar-refractivity contribution < 1.29 is 0 Å². The molecule has 0 spiro atoms. The Morgan fingerprint density at radius 2 is 1.87 bits per heavy atom. The Balaban J connectivity index is 1.98. The molecule has 3 aliphatic carbocycles. The van der Waals surface area contributed by atoms with Gasteiger partial charge < -0.3 is 0 Å². The highest BCUT2D eigenvalue weighted by molar-refractivity contribution is 5.82. The van der Waals surface area contributed by atoms with E-state index in [2.05, 4.69) is 31.2 Å². The third-order valence-electron chi connectivity index (χ3n) is 4.78. The number of benzene rings is 1. The molecular formula is C15H16. The van der Waals surface area contributed by atoms with Crippen LogP contribution in [0.5, 0.6) is 0 Å². The fraction of sp³-hybridized carbons (Fsp3) is 0.467. The van der Waals surface area contributed by atoms with Crippen molar-refractivity contribution >= 4 is 5.57 Å². The quantitative estimate of drug-likeness (QED) is 0.588. The summed E-state index contributed by atoms with van der Waals surface area (Å²) >= 11 is 0. The smallest absolute Gasteiger partial charge is 0.00347 e. The lowest BCUT2D eigenvalue weighted by atomic mass is 9.88. The second-order valence-corrected chi connectivity index (χ2v) is 5.38. The molecule has 4 rings (SSSR count). The average molecular weight is 196 g/mol. The first kappa shape index (κ1) is 8.15. The van der Waals surface area contributed by atoms with Gasteiger partial charge in [0.05, 0.1) is 0 Å². The SMILES string of the molecule is C[C@@H]1C2=C(c3ccccc31)[C@@H]1CC[C@H]2C1. The zero-order valence-corrected chi connectivity index (χ0v) is 9.16. The minimum absolute atomic E-state index is 0.714. The predicted molar refractivity (Wildman–Crippen MR) is 62.6 cm³/mol. The van der Waals surface area contributed by atoms with Crippen molar-refractivity contribution in [1.82, 2.24) is 0 Å². The van der Waals surface area contributed by atoms with Crippen molar-refractivity contribution in [2.75, 3.05) is 0 Å². The number of rotatable bonds is 0. The van der Waals surface area contributed by atoms with Gasteiger partial charge in [-0.1, -0.05) is 36.8 Å². The zero-order chi connectivity index (χ0) is 9.99. The maximum Gasteiger partial charge on any atom is 0.00347 e. The lowest BCUT2D eigenvalue weighted by Crippen LogP contribution is -2.02. The van der Waals surface area contributed by atoms with Crippen LogP contribution in [-0.4, -0.2) is 0 Å². The van der Waals surface area contributed by atoms with Gasteiger partial charge in [-0.05, 0) is 47.8 Å². The molecule has 1 aromatic carbocycles. The van der Waals surface area contributed by atoms with Gasteiger partial charge in [0.25, 0.3) is 0 Å². The summed E-state index contributed by atoms with van der Waals surface area (Å²) in [6, 6.07) is 9.07. The zero-order valence-electron chi connectivity index (χ0n) is 9.16. The van der Waals surface area contributed by atoms with Crippen LogP contribution >= 0.6 is 0 Å². The Labute approximate surface area is 91.0 Å². The minimum Gasteiger partial charge on any atom is -0.0619 e. The molecule has 0 aromatic heterocycles. The fourth-order valence-electron chi connectivity index (χ4n) is 4.23. The van der Waals surface area contributed by atoms with E-state index in [1.165, 1.54) is 19.3 Å². The summed E-state index contributed by atoms with van der Waals surface area (Å²) in [5, 5.41) is 0. The van der Waals surface area contributed by atoms with Gasteiger partial charge >= 0.3 is 0 Å². The molecule has 0 aliphatic heterocycles. The van der Waals surface area contributed by atoms with E-state index in [1.54, 1.807) is 16.7 Å². The van der Waals surface area contributed by atoms with Crippen molar-refractivity contribution in [3.63, 3.8) is 0 Å². The van der Waals surface area contributed by atoms with Crippen molar-refractivity contribution in [3.05, 3.63) is 41.0 Å². The standard InChI is InChI=1S/C15H16/c1-9-12-4-2-3-5-13(12)15-11-7-6-10(8-11)14(9)15/h2-5,9-11H,6-8H2,1H3/t9-,10-,11+/m0/s1. The van der Waals surface area contributed by atoms with E-state index in [1.807, 2.05) is 5.57 Å². The Morgan fingerprint density at radius 3 is 2.80 bits per heavy atom. The fourth-order valence-corrected chi connectivity index (χ4v) is 4.23. The van der Waals surface area contributed by atoms with Crippen molar-refractivity contribution in [1.29, 1.82) is 0 Å². The normalized spacial score (nSPS) is 35.9. The first-order valence-corrected chi connectivity index (χ1v) is 6.19. The second kappa shape index (κ2) is 2.55. The lowest BCUT2D eigenvalue weighted by molar-refractivity contribution is 0.613. The van der Waals surface area contributed by atoms with Crippen LogP contribution < -0.4 is 0 Å². The summed E-state index contributed by atoms with van der Waals surface area (Å²) in [4.78, 5) is 0. The molecule has 0 saturated heterocycles. The van der Waals surface area contributed by atoms with E-state index in [9.17, 15) is 0 Å². The van der Waals surface area contributed by atoms with Gasteiger partial charge in [-0.25, -0.2) is 0 Å². The van der Waals surface area contributed by atoms with E-state index in [0.29, 0.717) is 5.92 Å². The van der Waals surface area contributed by atoms with Crippen molar-refractivity contribution in [3.8, 4) is 0 Å². The van der Waals surface area contributed by atoms with Crippen LogP contribution in [-0.2, 0) is 0 Å². The number of hydrogen-bond acceptors (Lipinski definition) is 0. The molecule has 0 heterocycles. The molecule has 3 aliphatic rings. The van der Waals surface area contributed by atoms with Gasteiger partial charge in [-0.2, -0.15) is 0 Å². The van der Waals surface area contributed by atoms with Crippen LogP contribution in [0, 0.1) is 11.8 Å². The van der Waals surface area contributed by atoms with Gasteiger partial charge in [-0.3, -0.25) is 0 Å². The monoisotopic (exact) mass is 196 g/mol. The molecule has 3 atom stereocenters. The van der Waals surface area contributed by atoms with Crippen molar-refractivity contribution in [2.45, 2.75) is 32.1 Å². The van der Waals surface area contributed by atoms with Crippen LogP contribution in [0.1, 0.15) is 43.2 Å². The second-order valence-electron chi connectivity index (χ2n) is 5.38. The van der Waals surface area contributed by atoms with Crippen LogP contribution in [0.25, 0.3) is 5.57 Å². The van der Waals surface area contributed by atoms with Gasteiger partial charge in [0, 0.05) is 5.92 Å². The van der Waals surface area contributed by atoms with Gasteiger partial charge in [0.2, 0.25) is 0 Å². The van der Waals surface area contributed by atoms with Crippen LogP contribution in [0.3, 0.4) is 0 Å². The third-order valence-corrected chi connectivity index (χ3v) is 4.78. The lowest BCUT2D eigenvalue weighted by Gasteiger charge is -2.16. The summed E-state index contributed by atoms with van der Waals surface area (Å²) in [6.45, 7) is 2.40. The highest BCUT2D eigenvalue weighted by Crippen LogP contribution is 2.60. The Bertz CT molecular complexity index is 467. The highest BCUT2D eigenvalue weighted by atomic mass is 14.5. The molecule has 1 saturated carbocycles. The molecule has 2 bridgehead atoms. The van der Waals surface area contributed by atoms with E-state index in [-0.39, 0.29) is 0 Å². The van der Waals surface area contributed by atoms with Crippen LogP contribution in [0.2, 0.25) is 0 Å². The molecule has 0 nitrogen and oxygen atoms in total. The van der Waals surface area contributed by atoms with Gasteiger partial charge in [-0.15, -0.1) is 0 Å². The molecule has 0 radical (unpaired) electrons. The first-order valence-electron chi connectivity index (χ1n) is 6.19. The number of allylic oxidation sites excluding steroid dienone is 2. The van der Waals surface area contributed by atoms with E-state index in [0.717, 1.165) is 11.8 Å². The molecule has 76 valence electrons. The summed E-state index contributed by atoms with van der Waals surface area (Å²) in [7, 11) is 0. The van der Waals surface area contributed by atoms with Gasteiger partial charge in [0.15, 0.2) is 0 Å². The Hall–Kier alpha value is -1.04. The van der Waals surface area contributed by atoms with Crippen molar-refractivity contribution in [2.24, 2.45) is 11.8 Å². The topological polar surface area (TPSA) is 0 Å². The molecule has 0 amide bonds. The van der Waals surface area contributed by atoms with Gasteiger partial charge in [0.1, 0.15) is 0 Å². The molecule has 0 heteroatoms. The molecule has 1 aromatic rings. The summed E-state index contributed by atoms with van der Waals surface area (Å²) < 4.78 is 0.